The zero-order valence-corrected chi connectivity index (χ0v) is 14.5. The summed E-state index contributed by atoms with van der Waals surface area (Å²) in [6.07, 6.45) is -0.117. The fourth-order valence-corrected chi connectivity index (χ4v) is 1.86. The zero-order chi connectivity index (χ0) is 18.8. The van der Waals surface area contributed by atoms with Crippen LogP contribution in [0.3, 0.4) is 0 Å². The van der Waals surface area contributed by atoms with Crippen LogP contribution in [-0.2, 0) is 14.4 Å². The molecule has 1 aromatic carbocycles. The lowest BCUT2D eigenvalue weighted by Gasteiger charge is -2.10. The number of rotatable bonds is 7. The maximum Gasteiger partial charge on any atom is 0.329 e. The Hall–Kier alpha value is -2.65. The normalized spacial score (nSPS) is 10.8. The van der Waals surface area contributed by atoms with Crippen LogP contribution in [0.2, 0.25) is 5.02 Å². The number of nitrogens with zero attached hydrogens (tertiary/aromatic N) is 1. The van der Waals surface area contributed by atoms with Crippen LogP contribution < -0.4 is 20.8 Å². The van der Waals surface area contributed by atoms with E-state index in [-0.39, 0.29) is 25.3 Å². The van der Waals surface area contributed by atoms with Gasteiger partial charge >= 0.3 is 11.8 Å². The van der Waals surface area contributed by atoms with Gasteiger partial charge in [0.2, 0.25) is 5.91 Å². The minimum Gasteiger partial charge on any atom is -0.495 e. The van der Waals surface area contributed by atoms with Gasteiger partial charge in [-0.1, -0.05) is 11.6 Å². The molecule has 0 fully saturated rings. The topological polar surface area (TPSA) is 129 Å². The molecule has 0 radical (unpaired) electrons. The predicted octanol–water partition coefficient (Wildman–Crippen LogP) is 0.278. The Morgan fingerprint density at radius 3 is 2.64 bits per heavy atom. The van der Waals surface area contributed by atoms with Gasteiger partial charge in [0.05, 0.1) is 25.8 Å². The molecule has 3 amide bonds. The van der Waals surface area contributed by atoms with E-state index in [9.17, 15) is 14.4 Å². The lowest BCUT2D eigenvalue weighted by molar-refractivity contribution is -0.139. The van der Waals surface area contributed by atoms with Gasteiger partial charge in [0.25, 0.3) is 0 Å². The monoisotopic (exact) mass is 370 g/mol. The van der Waals surface area contributed by atoms with E-state index in [1.807, 2.05) is 5.43 Å². The van der Waals surface area contributed by atoms with E-state index in [4.69, 9.17) is 21.4 Å². The second-order valence-electron chi connectivity index (χ2n) is 4.84. The van der Waals surface area contributed by atoms with Crippen molar-refractivity contribution in [2.45, 2.75) is 13.3 Å². The second kappa shape index (κ2) is 10.3. The third kappa shape index (κ3) is 7.19. The van der Waals surface area contributed by atoms with E-state index in [2.05, 4.69) is 15.7 Å². The highest BCUT2D eigenvalue weighted by atomic mass is 35.5. The first-order chi connectivity index (χ1) is 11.9. The predicted molar refractivity (Wildman–Crippen MR) is 92.6 cm³/mol. The number of nitrogens with one attached hydrogen (secondary N) is 3. The van der Waals surface area contributed by atoms with Gasteiger partial charge in [-0.05, 0) is 25.1 Å². The highest BCUT2D eigenvalue weighted by Gasteiger charge is 2.13. The van der Waals surface area contributed by atoms with Crippen LogP contribution in [0.25, 0.3) is 0 Å². The quantitative estimate of drug-likeness (QED) is 0.311. The molecule has 10 heteroatoms. The Bertz CT molecular complexity index is 678. The van der Waals surface area contributed by atoms with Crippen LogP contribution in [0.1, 0.15) is 13.3 Å². The molecule has 0 unspecified atom stereocenters. The maximum atomic E-state index is 12.0. The van der Waals surface area contributed by atoms with Crippen LogP contribution in [0.15, 0.2) is 23.3 Å². The van der Waals surface area contributed by atoms with Crippen LogP contribution >= 0.6 is 11.6 Å². The Morgan fingerprint density at radius 1 is 1.28 bits per heavy atom. The highest BCUT2D eigenvalue weighted by molar-refractivity contribution is 6.35. The number of methoxy groups -OCH3 is 1. The number of hydrazone groups is 1. The number of hydrogen-bond donors (Lipinski definition) is 4. The van der Waals surface area contributed by atoms with Crippen LogP contribution in [0.4, 0.5) is 5.69 Å². The van der Waals surface area contributed by atoms with Gasteiger partial charge in [0.15, 0.2) is 0 Å². The van der Waals surface area contributed by atoms with E-state index in [0.717, 1.165) is 0 Å². The summed E-state index contributed by atoms with van der Waals surface area (Å²) < 4.78 is 5.12. The third-order valence-electron chi connectivity index (χ3n) is 2.80. The van der Waals surface area contributed by atoms with Gasteiger partial charge in [0.1, 0.15) is 5.75 Å². The number of carbonyl (C=O) groups is 3. The molecule has 0 heterocycles. The van der Waals surface area contributed by atoms with E-state index in [1.165, 1.54) is 20.1 Å². The Labute approximate surface area is 149 Å². The molecule has 25 heavy (non-hydrogen) atoms. The molecule has 0 aliphatic carbocycles. The van der Waals surface area contributed by atoms with Crippen molar-refractivity contribution >= 4 is 40.7 Å². The van der Waals surface area contributed by atoms with Crippen molar-refractivity contribution in [1.82, 2.24) is 10.7 Å². The van der Waals surface area contributed by atoms with E-state index < -0.39 is 17.7 Å². The standard InChI is InChI=1S/C15H19ClN4O5/c1-9(19-20-15(24)14(23)17-5-6-21)7-13(22)18-11-8-10(16)3-4-12(11)25-2/h3-4,8,21H,5-7H2,1-2H3,(H,17,23)(H,18,22)(H,20,24)/b19-9+. The first-order valence-corrected chi connectivity index (χ1v) is 7.60. The minimum absolute atomic E-state index is 0.0428. The van der Waals surface area contributed by atoms with Crippen molar-refractivity contribution in [3.63, 3.8) is 0 Å². The first-order valence-electron chi connectivity index (χ1n) is 7.23. The Balaban J connectivity index is 2.57. The number of hydrogen-bond acceptors (Lipinski definition) is 6. The lowest BCUT2D eigenvalue weighted by atomic mass is 10.2. The average molecular weight is 371 g/mol. The summed E-state index contributed by atoms with van der Waals surface area (Å²) in [5.41, 5.74) is 2.70. The SMILES string of the molecule is COc1ccc(Cl)cc1NC(=O)C/C(C)=N/NC(=O)C(=O)NCCO. The summed E-state index contributed by atoms with van der Waals surface area (Å²) in [4.78, 5) is 34.7. The molecule has 0 spiro atoms. The number of carbonyl (C=O) groups excluding carboxylic acids is 3. The van der Waals surface area contributed by atoms with Crippen molar-refractivity contribution in [2.24, 2.45) is 5.10 Å². The van der Waals surface area contributed by atoms with Crippen LogP contribution in [-0.4, -0.2) is 48.8 Å². The van der Waals surface area contributed by atoms with Gasteiger partial charge in [-0.15, -0.1) is 0 Å². The molecule has 0 saturated heterocycles. The molecule has 4 N–H and O–H groups in total. The number of amides is 3. The summed E-state index contributed by atoms with van der Waals surface area (Å²) >= 11 is 5.88. The van der Waals surface area contributed by atoms with Crippen molar-refractivity contribution in [1.29, 1.82) is 0 Å². The van der Waals surface area contributed by atoms with Crippen LogP contribution in [0, 0.1) is 0 Å². The molecule has 0 saturated carbocycles. The minimum atomic E-state index is -0.996. The largest absolute Gasteiger partial charge is 0.495 e. The van der Waals surface area contributed by atoms with Crippen molar-refractivity contribution in [3.8, 4) is 5.75 Å². The van der Waals surface area contributed by atoms with Crippen LogP contribution in [0.5, 0.6) is 5.75 Å². The van der Waals surface area contributed by atoms with Gasteiger partial charge in [0, 0.05) is 17.3 Å². The fourth-order valence-electron chi connectivity index (χ4n) is 1.69. The van der Waals surface area contributed by atoms with Crippen molar-refractivity contribution < 1.29 is 24.2 Å². The second-order valence-corrected chi connectivity index (χ2v) is 5.27. The van der Waals surface area contributed by atoms with Gasteiger partial charge in [-0.3, -0.25) is 14.4 Å². The summed E-state index contributed by atoms with van der Waals surface area (Å²) in [5, 5.41) is 17.5. The molecule has 136 valence electrons. The lowest BCUT2D eigenvalue weighted by Crippen LogP contribution is -2.39. The van der Waals surface area contributed by atoms with Gasteiger partial charge < -0.3 is 20.5 Å². The number of halogens is 1. The molecule has 9 nitrogen and oxygen atoms in total. The van der Waals surface area contributed by atoms with Gasteiger partial charge in [-0.25, -0.2) is 5.43 Å². The Kier molecular flexibility index (Phi) is 8.37. The zero-order valence-electron chi connectivity index (χ0n) is 13.8. The molecule has 0 atom stereocenters. The summed E-state index contributed by atoms with van der Waals surface area (Å²) in [5.74, 6) is -1.88. The van der Waals surface area contributed by atoms with Crippen molar-refractivity contribution in [2.75, 3.05) is 25.6 Å². The number of aliphatic hydroxyl groups is 1. The van der Waals surface area contributed by atoms with Crippen molar-refractivity contribution in [3.05, 3.63) is 23.2 Å². The summed E-state index contributed by atoms with van der Waals surface area (Å²) in [6, 6.07) is 4.78. The van der Waals surface area contributed by atoms with E-state index in [0.29, 0.717) is 16.5 Å². The molecule has 0 aromatic heterocycles. The molecule has 0 aliphatic heterocycles. The molecule has 1 aromatic rings. The molecule has 1 rings (SSSR count). The maximum absolute atomic E-state index is 12.0. The molecule has 0 aliphatic rings. The third-order valence-corrected chi connectivity index (χ3v) is 3.04. The molecular weight excluding hydrogens is 352 g/mol. The van der Waals surface area contributed by atoms with Gasteiger partial charge in [-0.2, -0.15) is 5.10 Å². The van der Waals surface area contributed by atoms with E-state index >= 15 is 0 Å². The number of aliphatic hydroxyl groups excluding tert-OH is 1. The number of anilines is 1. The number of ether oxygens (including phenoxy) is 1. The fraction of sp³-hybridized carbons (Fsp3) is 0.333. The summed E-state index contributed by atoms with van der Waals surface area (Å²) in [7, 11) is 1.46. The Morgan fingerprint density at radius 2 is 2.00 bits per heavy atom. The molecule has 0 bridgehead atoms. The summed E-state index contributed by atoms with van der Waals surface area (Å²) in [6.45, 7) is 1.19. The highest BCUT2D eigenvalue weighted by Crippen LogP contribution is 2.27. The molecular formula is C15H19ClN4O5. The number of benzene rings is 1. The smallest absolute Gasteiger partial charge is 0.329 e. The first kappa shape index (κ1) is 20.4. The van der Waals surface area contributed by atoms with E-state index in [1.54, 1.807) is 12.1 Å². The average Bonchev–Trinajstić information content (AvgIpc) is 2.57.